The van der Waals surface area contributed by atoms with E-state index in [-0.39, 0.29) is 6.71 Å². The highest BCUT2D eigenvalue weighted by Gasteiger charge is 2.46. The molecule has 13 aromatic carbocycles. The van der Waals surface area contributed by atoms with Crippen LogP contribution in [0.1, 0.15) is 0 Å². The second-order valence-corrected chi connectivity index (χ2v) is 24.5. The van der Waals surface area contributed by atoms with Crippen LogP contribution in [-0.4, -0.2) is 11.3 Å². The van der Waals surface area contributed by atoms with Crippen molar-refractivity contribution in [2.45, 2.75) is 19.6 Å². The number of anilines is 12. The van der Waals surface area contributed by atoms with Crippen LogP contribution in [0.4, 0.5) is 68.2 Å². The van der Waals surface area contributed by atoms with E-state index in [1.807, 2.05) is 23.5 Å². The highest BCUT2D eigenvalue weighted by atomic mass is 32.2. The number of hydrogen-bond acceptors (Lipinski definition) is 6. The van der Waals surface area contributed by atoms with Crippen molar-refractivity contribution in [3.8, 4) is 27.9 Å². The van der Waals surface area contributed by atoms with Gasteiger partial charge in [0.1, 0.15) is 0 Å². The molecule has 1 aromatic heterocycles. The summed E-state index contributed by atoms with van der Waals surface area (Å²) in [6, 6.07) is 113. The average molecular weight is 1130 g/mol. The molecule has 0 saturated carbocycles. The van der Waals surface area contributed by atoms with Crippen LogP contribution in [0.5, 0.6) is 0 Å². The number of para-hydroxylation sites is 10. The van der Waals surface area contributed by atoms with Crippen LogP contribution in [-0.2, 0) is 0 Å². The molecule has 5 heterocycles. The molecule has 0 fully saturated rings. The molecule has 0 radical (unpaired) electrons. The lowest BCUT2D eigenvalue weighted by Crippen LogP contribution is -2.61. The number of aromatic nitrogens is 1. The number of nitrogens with zero attached hydrogens (tertiary/aromatic N) is 5. The SMILES string of the molecule is c1ccc(-c2ccc3c(c2)B2c4cc(-c5ccccc5)ccc4N(c4ccccc4N4c5ccccc5Sc5ccccc54)c4cc(-n5c6ccccc6c6ccccc65)cc(c42)N3c2ccccc2N2c3ccccc3Sc3ccccc32)cc1. The van der Waals surface area contributed by atoms with Gasteiger partial charge in [-0.3, -0.25) is 0 Å². The van der Waals surface area contributed by atoms with Crippen molar-refractivity contribution in [2.75, 3.05) is 19.6 Å². The van der Waals surface area contributed by atoms with Gasteiger partial charge in [-0.1, -0.05) is 218 Å². The summed E-state index contributed by atoms with van der Waals surface area (Å²) in [7, 11) is 0. The molecular formula is C78H50BN5S2. The zero-order chi connectivity index (χ0) is 56.4. The molecule has 0 bridgehead atoms. The van der Waals surface area contributed by atoms with E-state index >= 15 is 0 Å². The summed E-state index contributed by atoms with van der Waals surface area (Å²) < 4.78 is 2.51. The number of rotatable bonds is 7. The Hall–Kier alpha value is -10.4. The third-order valence-corrected chi connectivity index (χ3v) is 20.0. The van der Waals surface area contributed by atoms with Crippen molar-refractivity contribution in [2.24, 2.45) is 0 Å². The van der Waals surface area contributed by atoms with Gasteiger partial charge in [-0.05, 0) is 148 Å². The van der Waals surface area contributed by atoms with Gasteiger partial charge in [0.2, 0.25) is 0 Å². The second kappa shape index (κ2) is 19.6. The van der Waals surface area contributed by atoms with Gasteiger partial charge in [-0.15, -0.1) is 0 Å². The standard InChI is InChI=1S/C78H50BN5S2/c1-3-23-51(24-4-1)53-43-45-62-58(47-53)79-59-48-54(52-25-5-2-6-26-52)44-46-63(59)82(65-32-12-14-34-67(65)84-70-37-17-21-41-76(70)86-77-42-22-18-38-71(77)84)73-50-55(80-60-29-9-7-27-56(60)57-28-8-10-30-61(57)80)49-72(78(73)79)81(62)64-31-11-13-33-66(64)83-68-35-15-19-39-74(68)85-75-40-20-16-36-69(75)83/h1-50H. The first kappa shape index (κ1) is 49.1. The molecule has 14 aromatic rings. The third-order valence-electron chi connectivity index (χ3n) is 17.7. The Labute approximate surface area is 508 Å². The molecule has 0 aliphatic carbocycles. The fourth-order valence-electron chi connectivity index (χ4n) is 14.1. The van der Waals surface area contributed by atoms with E-state index in [2.05, 4.69) is 327 Å². The Bertz CT molecular complexity index is 4680. The fraction of sp³-hybridized carbons (Fsp3) is 0. The van der Waals surface area contributed by atoms with Crippen LogP contribution in [0.2, 0.25) is 0 Å². The van der Waals surface area contributed by atoms with Gasteiger partial charge in [-0.2, -0.15) is 0 Å². The number of benzene rings is 13. The van der Waals surface area contributed by atoms with Crippen LogP contribution in [0.3, 0.4) is 0 Å². The van der Waals surface area contributed by atoms with Gasteiger partial charge in [0, 0.05) is 53.1 Å². The minimum Gasteiger partial charge on any atom is -0.309 e. The Morgan fingerprint density at radius 1 is 0.233 bits per heavy atom. The van der Waals surface area contributed by atoms with Gasteiger partial charge in [0.05, 0.1) is 62.2 Å². The molecule has 402 valence electrons. The lowest BCUT2D eigenvalue weighted by atomic mass is 9.33. The highest BCUT2D eigenvalue weighted by Crippen LogP contribution is 2.58. The first-order chi connectivity index (χ1) is 42.7. The maximum Gasteiger partial charge on any atom is 0.252 e. The maximum absolute atomic E-state index is 2.61. The second-order valence-electron chi connectivity index (χ2n) is 22.4. The topological polar surface area (TPSA) is 17.9 Å². The molecule has 0 saturated heterocycles. The fourth-order valence-corrected chi connectivity index (χ4v) is 16.2. The lowest BCUT2D eigenvalue weighted by Gasteiger charge is -2.46. The Kier molecular flexibility index (Phi) is 11.2. The van der Waals surface area contributed by atoms with Gasteiger partial charge in [0.25, 0.3) is 6.71 Å². The molecule has 0 amide bonds. The maximum atomic E-state index is 2.61. The highest BCUT2D eigenvalue weighted by molar-refractivity contribution is 8.00. The van der Waals surface area contributed by atoms with E-state index < -0.39 is 0 Å². The van der Waals surface area contributed by atoms with Crippen LogP contribution >= 0.6 is 23.5 Å². The van der Waals surface area contributed by atoms with Gasteiger partial charge < -0.3 is 24.2 Å². The van der Waals surface area contributed by atoms with Gasteiger partial charge in [0.15, 0.2) is 0 Å². The van der Waals surface area contributed by atoms with Gasteiger partial charge in [-0.25, -0.2) is 0 Å². The quantitative estimate of drug-likeness (QED) is 0.147. The normalized spacial score (nSPS) is 13.4. The Morgan fingerprint density at radius 2 is 0.547 bits per heavy atom. The van der Waals surface area contributed by atoms with Crippen molar-refractivity contribution in [1.29, 1.82) is 0 Å². The van der Waals surface area contributed by atoms with Crippen LogP contribution in [0.25, 0.3) is 49.7 Å². The van der Waals surface area contributed by atoms with Crippen LogP contribution in [0.15, 0.2) is 323 Å². The zero-order valence-corrected chi connectivity index (χ0v) is 48.1. The molecule has 5 nitrogen and oxygen atoms in total. The van der Waals surface area contributed by atoms with Crippen molar-refractivity contribution >= 4 is 137 Å². The summed E-state index contributed by atoms with van der Waals surface area (Å²) in [6.07, 6.45) is 0. The minimum atomic E-state index is -0.197. The van der Waals surface area contributed by atoms with Gasteiger partial charge >= 0.3 is 0 Å². The van der Waals surface area contributed by atoms with E-state index in [1.165, 1.54) is 69.0 Å². The largest absolute Gasteiger partial charge is 0.309 e. The van der Waals surface area contributed by atoms with E-state index in [9.17, 15) is 0 Å². The minimum absolute atomic E-state index is 0.197. The summed E-state index contributed by atoms with van der Waals surface area (Å²) in [5, 5.41) is 2.44. The lowest BCUT2D eigenvalue weighted by molar-refractivity contribution is 1.14. The monoisotopic (exact) mass is 1130 g/mol. The van der Waals surface area contributed by atoms with Crippen molar-refractivity contribution in [3.05, 3.63) is 303 Å². The summed E-state index contributed by atoms with van der Waals surface area (Å²) in [5.74, 6) is 0. The zero-order valence-electron chi connectivity index (χ0n) is 46.5. The average Bonchev–Trinajstić information content (AvgIpc) is 0.795. The van der Waals surface area contributed by atoms with E-state index in [0.29, 0.717) is 0 Å². The van der Waals surface area contributed by atoms with E-state index in [1.54, 1.807) is 0 Å². The van der Waals surface area contributed by atoms with E-state index in [4.69, 9.17) is 0 Å². The predicted octanol–water partition coefficient (Wildman–Crippen LogP) is 20.1. The number of hydrogen-bond donors (Lipinski definition) is 0. The Balaban J connectivity index is 0.989. The van der Waals surface area contributed by atoms with Crippen LogP contribution < -0.4 is 36.0 Å². The smallest absolute Gasteiger partial charge is 0.252 e. The molecular weight excluding hydrogens is 1080 g/mol. The predicted molar refractivity (Wildman–Crippen MR) is 363 cm³/mol. The molecule has 0 spiro atoms. The van der Waals surface area contributed by atoms with E-state index in [0.717, 1.165) is 85.0 Å². The van der Waals surface area contributed by atoms with Crippen molar-refractivity contribution in [1.82, 2.24) is 4.57 Å². The third kappa shape index (κ3) is 7.49. The van der Waals surface area contributed by atoms with Crippen molar-refractivity contribution < 1.29 is 0 Å². The summed E-state index contributed by atoms with van der Waals surface area (Å²) >= 11 is 3.68. The molecule has 0 N–H and O–H groups in total. The van der Waals surface area contributed by atoms with Crippen LogP contribution in [0, 0.1) is 0 Å². The first-order valence-electron chi connectivity index (χ1n) is 29.4. The number of fused-ring (bicyclic) bond motifs is 11. The summed E-state index contributed by atoms with van der Waals surface area (Å²) in [4.78, 5) is 15.1. The summed E-state index contributed by atoms with van der Waals surface area (Å²) in [6.45, 7) is -0.197. The first-order valence-corrected chi connectivity index (χ1v) is 31.0. The molecule has 4 aliphatic heterocycles. The molecule has 86 heavy (non-hydrogen) atoms. The van der Waals surface area contributed by atoms with Crippen molar-refractivity contribution in [3.63, 3.8) is 0 Å². The Morgan fingerprint density at radius 3 is 0.930 bits per heavy atom. The molecule has 8 heteroatoms. The molecule has 18 rings (SSSR count). The molecule has 4 aliphatic rings. The summed E-state index contributed by atoms with van der Waals surface area (Å²) in [5.41, 5.74) is 25.3. The molecule has 0 unspecified atom stereocenters. The molecule has 0 atom stereocenters.